The molecule has 0 fully saturated rings. The van der Waals surface area contributed by atoms with E-state index in [1.165, 1.54) is 38.1 Å². The number of aromatic amines is 1. The maximum Gasteiger partial charge on any atom is 0.459 e. The largest absolute Gasteiger partial charge is 0.468 e. The monoisotopic (exact) mass is 598 g/mol. The van der Waals surface area contributed by atoms with Gasteiger partial charge < -0.3 is 23.8 Å². The summed E-state index contributed by atoms with van der Waals surface area (Å²) < 4.78 is 41.2. The molecular weight excluding hydrogens is 567 g/mol. The van der Waals surface area contributed by atoms with Crippen molar-refractivity contribution in [1.82, 2.24) is 14.6 Å². The number of carbonyl (C=O) groups excluding carboxylic acids is 2. The Hall–Kier alpha value is -3.98. The van der Waals surface area contributed by atoms with Crippen LogP contribution in [-0.4, -0.2) is 71.7 Å². The highest BCUT2D eigenvalue weighted by molar-refractivity contribution is 7.52. The highest BCUT2D eigenvalue weighted by Crippen LogP contribution is 2.45. The van der Waals surface area contributed by atoms with Crippen molar-refractivity contribution in [3.63, 3.8) is 0 Å². The van der Waals surface area contributed by atoms with E-state index in [2.05, 4.69) is 19.9 Å². The SMILES string of the molecule is CCOC(=O)c1cccc(OP(=O)(N[C@@H](C)C(=O)OC)OC[C@@H](O[C@H](CN=[N+]=[N-])n2ccc(=O)[nH]c2=O)C(C)O)c1. The number of methoxy groups -OCH3 is 1. The normalized spacial score (nSPS) is 15.3. The first-order chi connectivity index (χ1) is 19.4. The quantitative estimate of drug-likeness (QED) is 0.0822. The second-order valence-electron chi connectivity index (χ2n) is 8.31. The fraction of sp³-hybridized carbons (Fsp3) is 0.478. The zero-order valence-corrected chi connectivity index (χ0v) is 23.6. The van der Waals surface area contributed by atoms with E-state index in [0.29, 0.717) is 0 Å². The van der Waals surface area contributed by atoms with Gasteiger partial charge in [0, 0.05) is 17.2 Å². The van der Waals surface area contributed by atoms with Crippen LogP contribution in [0.4, 0.5) is 0 Å². The van der Waals surface area contributed by atoms with Gasteiger partial charge in [0.15, 0.2) is 0 Å². The molecule has 3 N–H and O–H groups in total. The van der Waals surface area contributed by atoms with Crippen molar-refractivity contribution in [3.05, 3.63) is 73.4 Å². The average Bonchev–Trinajstić information content (AvgIpc) is 2.92. The van der Waals surface area contributed by atoms with Gasteiger partial charge in [0.2, 0.25) is 0 Å². The predicted octanol–water partition coefficient (Wildman–Crippen LogP) is 1.64. The molecule has 18 heteroatoms. The Kier molecular flexibility index (Phi) is 12.7. The van der Waals surface area contributed by atoms with Crippen molar-refractivity contribution in [2.24, 2.45) is 5.11 Å². The Morgan fingerprint density at radius 1 is 1.27 bits per heavy atom. The molecule has 1 aromatic carbocycles. The van der Waals surface area contributed by atoms with Crippen molar-refractivity contribution < 1.29 is 42.5 Å². The third-order valence-corrected chi connectivity index (χ3v) is 6.86. The molecule has 41 heavy (non-hydrogen) atoms. The van der Waals surface area contributed by atoms with E-state index >= 15 is 0 Å². The number of esters is 2. The number of aromatic nitrogens is 2. The third kappa shape index (κ3) is 10.2. The number of nitrogens with zero attached hydrogens (tertiary/aromatic N) is 4. The summed E-state index contributed by atoms with van der Waals surface area (Å²) in [6, 6.07) is 5.36. The van der Waals surface area contributed by atoms with Gasteiger partial charge in [-0.05, 0) is 44.5 Å². The maximum absolute atomic E-state index is 13.8. The first kappa shape index (κ1) is 33.2. The Morgan fingerprint density at radius 2 is 2.00 bits per heavy atom. The zero-order chi connectivity index (χ0) is 30.6. The highest BCUT2D eigenvalue weighted by Gasteiger charge is 2.35. The number of benzene rings is 1. The van der Waals surface area contributed by atoms with Crippen LogP contribution >= 0.6 is 7.75 Å². The van der Waals surface area contributed by atoms with Gasteiger partial charge in [0.05, 0.1) is 38.5 Å². The van der Waals surface area contributed by atoms with E-state index in [-0.39, 0.29) is 17.9 Å². The van der Waals surface area contributed by atoms with Gasteiger partial charge in [0.1, 0.15) is 24.1 Å². The molecule has 17 nitrogen and oxygen atoms in total. The second kappa shape index (κ2) is 15.7. The first-order valence-corrected chi connectivity index (χ1v) is 13.7. The molecule has 224 valence electrons. The topological polar surface area (TPSA) is 233 Å². The minimum atomic E-state index is -4.47. The number of ether oxygens (including phenoxy) is 3. The molecule has 0 aliphatic rings. The molecule has 2 rings (SSSR count). The summed E-state index contributed by atoms with van der Waals surface area (Å²) in [7, 11) is -3.35. The van der Waals surface area contributed by atoms with Crippen LogP contribution in [0.2, 0.25) is 0 Å². The van der Waals surface area contributed by atoms with Crippen molar-refractivity contribution in [2.75, 3.05) is 26.9 Å². The lowest BCUT2D eigenvalue weighted by molar-refractivity contribution is -0.142. The number of H-pyrrole nitrogens is 1. The molecule has 0 amide bonds. The number of nitrogens with one attached hydrogen (secondary N) is 2. The van der Waals surface area contributed by atoms with Crippen molar-refractivity contribution in [1.29, 1.82) is 0 Å². The van der Waals surface area contributed by atoms with Gasteiger partial charge in [-0.1, -0.05) is 11.2 Å². The van der Waals surface area contributed by atoms with Crippen molar-refractivity contribution in [2.45, 2.75) is 45.2 Å². The number of hydrogen-bond donors (Lipinski definition) is 3. The Labute approximate surface area is 233 Å². The summed E-state index contributed by atoms with van der Waals surface area (Å²) in [4.78, 5) is 52.6. The lowest BCUT2D eigenvalue weighted by atomic mass is 10.2. The minimum Gasteiger partial charge on any atom is -0.468 e. The van der Waals surface area contributed by atoms with Crippen LogP contribution in [0.15, 0.2) is 51.2 Å². The van der Waals surface area contributed by atoms with E-state index in [9.17, 15) is 28.8 Å². The zero-order valence-electron chi connectivity index (χ0n) is 22.7. The van der Waals surface area contributed by atoms with Crippen LogP contribution in [0.1, 0.15) is 37.4 Å². The van der Waals surface area contributed by atoms with Crippen LogP contribution in [-0.2, 0) is 28.1 Å². The molecule has 0 bridgehead atoms. The highest BCUT2D eigenvalue weighted by atomic mass is 31.2. The molecule has 2 unspecified atom stereocenters. The molecule has 0 radical (unpaired) electrons. The standard InChI is InChI=1S/C23H31N6O11P/c1-5-37-22(33)16-7-6-8-17(11-16)40-41(35,27-14(2)21(32)36-4)38-13-18(15(3)30)39-20(12-25-28-24)29-10-9-19(31)26-23(29)34/h6-11,14-15,18,20,30H,5,12-13H2,1-4H3,(H,27,35)(H,26,31,34)/t14-,15?,18+,20+,41?/m0/s1. The molecule has 2 aromatic rings. The molecule has 0 spiro atoms. The second-order valence-corrected chi connectivity index (χ2v) is 10.0. The smallest absolute Gasteiger partial charge is 0.459 e. The van der Waals surface area contributed by atoms with Gasteiger partial charge in [0.25, 0.3) is 5.56 Å². The minimum absolute atomic E-state index is 0.0843. The average molecular weight is 599 g/mol. The summed E-state index contributed by atoms with van der Waals surface area (Å²) in [5, 5.41) is 16.2. The summed E-state index contributed by atoms with van der Waals surface area (Å²) in [5.74, 6) is -1.54. The van der Waals surface area contributed by atoms with Gasteiger partial charge in [-0.3, -0.25) is 23.7 Å². The summed E-state index contributed by atoms with van der Waals surface area (Å²) in [6.45, 7) is 3.32. The molecule has 1 aromatic heterocycles. The Morgan fingerprint density at radius 3 is 2.61 bits per heavy atom. The molecule has 1 heterocycles. The molecule has 0 saturated carbocycles. The molecule has 0 aliphatic heterocycles. The molecule has 0 saturated heterocycles. The summed E-state index contributed by atoms with van der Waals surface area (Å²) >= 11 is 0. The van der Waals surface area contributed by atoms with E-state index in [0.717, 1.165) is 23.9 Å². The molecule has 5 atom stereocenters. The van der Waals surface area contributed by atoms with Gasteiger partial charge in [-0.25, -0.2) is 14.2 Å². The van der Waals surface area contributed by atoms with E-state index in [1.54, 1.807) is 6.92 Å². The molecular formula is C23H31N6O11P. The van der Waals surface area contributed by atoms with Crippen molar-refractivity contribution in [3.8, 4) is 5.75 Å². The van der Waals surface area contributed by atoms with Crippen LogP contribution in [0.5, 0.6) is 5.75 Å². The Balaban J connectivity index is 2.36. The van der Waals surface area contributed by atoms with Crippen LogP contribution in [0.3, 0.4) is 0 Å². The van der Waals surface area contributed by atoms with E-state index in [4.69, 9.17) is 24.1 Å². The van der Waals surface area contributed by atoms with Crippen LogP contribution in [0.25, 0.3) is 10.4 Å². The van der Waals surface area contributed by atoms with Gasteiger partial charge >= 0.3 is 25.4 Å². The number of rotatable bonds is 16. The predicted molar refractivity (Wildman–Crippen MR) is 142 cm³/mol. The number of azide groups is 1. The fourth-order valence-electron chi connectivity index (χ4n) is 3.21. The summed E-state index contributed by atoms with van der Waals surface area (Å²) in [6.07, 6.45) is -2.84. The first-order valence-electron chi connectivity index (χ1n) is 12.2. The maximum atomic E-state index is 13.8. The number of carbonyl (C=O) groups is 2. The van der Waals surface area contributed by atoms with Crippen LogP contribution < -0.4 is 20.9 Å². The van der Waals surface area contributed by atoms with Gasteiger partial charge in [-0.2, -0.15) is 5.09 Å². The Bertz CT molecular complexity index is 1400. The molecule has 0 aliphatic carbocycles. The van der Waals surface area contributed by atoms with Crippen molar-refractivity contribution >= 4 is 19.7 Å². The lowest BCUT2D eigenvalue weighted by Crippen LogP contribution is -2.40. The third-order valence-electron chi connectivity index (χ3n) is 5.22. The van der Waals surface area contributed by atoms with E-state index < -0.39 is 68.6 Å². The lowest BCUT2D eigenvalue weighted by Gasteiger charge is -2.29. The number of aliphatic hydroxyl groups is 1. The van der Waals surface area contributed by atoms with E-state index in [1.807, 2.05) is 4.98 Å². The van der Waals surface area contributed by atoms with Crippen LogP contribution in [0, 0.1) is 0 Å². The number of hydrogen-bond acceptors (Lipinski definition) is 12. The fourth-order valence-corrected chi connectivity index (χ4v) is 4.71. The van der Waals surface area contributed by atoms with Gasteiger partial charge in [-0.15, -0.1) is 0 Å². The number of aliphatic hydroxyl groups excluding tert-OH is 1. The summed E-state index contributed by atoms with van der Waals surface area (Å²) in [5.41, 5.74) is 7.28.